The monoisotopic (exact) mass is 269 g/mol. The number of rotatable bonds is 2. The van der Waals surface area contributed by atoms with E-state index in [1.807, 2.05) is 18.3 Å². The van der Waals surface area contributed by atoms with Crippen LogP contribution in [-0.2, 0) is 11.8 Å². The maximum absolute atomic E-state index is 10.7. The lowest BCUT2D eigenvalue weighted by Gasteiger charge is -2.46. The molecule has 4 rings (SSSR count). The van der Waals surface area contributed by atoms with Crippen molar-refractivity contribution < 1.29 is 4.79 Å². The third-order valence-corrected chi connectivity index (χ3v) is 5.15. The van der Waals surface area contributed by atoms with Crippen molar-refractivity contribution in [3.8, 4) is 0 Å². The van der Waals surface area contributed by atoms with E-state index < -0.39 is 0 Å². The molecule has 2 heterocycles. The molecule has 1 spiro atoms. The van der Waals surface area contributed by atoms with Crippen molar-refractivity contribution in [2.45, 2.75) is 25.2 Å². The van der Waals surface area contributed by atoms with Crippen LogP contribution in [0.3, 0.4) is 0 Å². The second-order valence-electron chi connectivity index (χ2n) is 6.55. The Morgan fingerprint density at radius 1 is 1.40 bits per heavy atom. The molecule has 20 heavy (non-hydrogen) atoms. The molecular weight excluding hydrogens is 250 g/mol. The Kier molecular flexibility index (Phi) is 2.43. The minimum Gasteiger partial charge on any atom is -0.344 e. The molecule has 2 fully saturated rings. The molecule has 1 aromatic heterocycles. The third-order valence-electron chi connectivity index (χ3n) is 5.15. The van der Waals surface area contributed by atoms with E-state index in [0.717, 1.165) is 25.0 Å². The Morgan fingerprint density at radius 3 is 3.05 bits per heavy atom. The van der Waals surface area contributed by atoms with Gasteiger partial charge in [0.25, 0.3) is 0 Å². The second-order valence-corrected chi connectivity index (χ2v) is 6.55. The summed E-state index contributed by atoms with van der Waals surface area (Å²) in [4.78, 5) is 17.1. The van der Waals surface area contributed by atoms with Crippen LogP contribution in [0, 0.1) is 5.41 Å². The lowest BCUT2D eigenvalue weighted by atomic mass is 9.77. The first kappa shape index (κ1) is 11.9. The Morgan fingerprint density at radius 2 is 2.25 bits per heavy atom. The van der Waals surface area contributed by atoms with Crippen LogP contribution < -0.4 is 0 Å². The summed E-state index contributed by atoms with van der Waals surface area (Å²) in [7, 11) is 2.03. The summed E-state index contributed by atoms with van der Waals surface area (Å²) in [5.74, 6) is 0.634. The fourth-order valence-electron chi connectivity index (χ4n) is 4.08. The summed E-state index contributed by atoms with van der Waals surface area (Å²) in [6.45, 7) is 1.91. The number of nitrogens with zero attached hydrogens (tertiary/aromatic N) is 3. The minimum absolute atomic E-state index is 0.407. The van der Waals surface area contributed by atoms with Gasteiger partial charge in [-0.2, -0.15) is 0 Å². The second kappa shape index (κ2) is 4.08. The number of carbonyl (C=O) groups excluding carboxylic acids is 1. The van der Waals surface area contributed by atoms with Crippen molar-refractivity contribution in [2.24, 2.45) is 12.5 Å². The standard InChI is InChI=1S/C16H19N3O/c1-18-10-17-14-6-12(2-3-15(14)18)13-4-5-16(7-13)8-19(9-16)11-20/h2-3,6,10-11,13H,4-5,7-9H2,1H3. The van der Waals surface area contributed by atoms with E-state index >= 15 is 0 Å². The van der Waals surface area contributed by atoms with Crippen LogP contribution in [0.2, 0.25) is 0 Å². The van der Waals surface area contributed by atoms with Gasteiger partial charge in [-0.25, -0.2) is 4.98 Å². The highest BCUT2D eigenvalue weighted by molar-refractivity contribution is 5.76. The van der Waals surface area contributed by atoms with E-state index in [0.29, 0.717) is 11.3 Å². The van der Waals surface area contributed by atoms with Crippen LogP contribution >= 0.6 is 0 Å². The summed E-state index contributed by atoms with van der Waals surface area (Å²) in [5.41, 5.74) is 4.11. The van der Waals surface area contributed by atoms with Crippen LogP contribution in [0.25, 0.3) is 11.0 Å². The quantitative estimate of drug-likeness (QED) is 0.785. The zero-order valence-electron chi connectivity index (χ0n) is 11.7. The molecule has 104 valence electrons. The van der Waals surface area contributed by atoms with E-state index in [1.54, 1.807) is 0 Å². The Hall–Kier alpha value is -1.84. The van der Waals surface area contributed by atoms with Gasteiger partial charge in [0.2, 0.25) is 6.41 Å². The van der Waals surface area contributed by atoms with Gasteiger partial charge in [-0.05, 0) is 42.9 Å². The molecule has 1 unspecified atom stereocenters. The smallest absolute Gasteiger partial charge is 0.209 e. The number of benzene rings is 1. The van der Waals surface area contributed by atoms with Crippen molar-refractivity contribution >= 4 is 17.4 Å². The molecule has 4 heteroatoms. The molecule has 0 radical (unpaired) electrons. The number of carbonyl (C=O) groups is 1. The number of imidazole rings is 1. The Labute approximate surface area is 118 Å². The number of fused-ring (bicyclic) bond motifs is 1. The number of hydrogen-bond acceptors (Lipinski definition) is 2. The van der Waals surface area contributed by atoms with Crippen LogP contribution in [-0.4, -0.2) is 34.0 Å². The molecule has 1 aliphatic carbocycles. The van der Waals surface area contributed by atoms with Crippen LogP contribution in [0.1, 0.15) is 30.7 Å². The van der Waals surface area contributed by atoms with Gasteiger partial charge in [0, 0.05) is 25.6 Å². The van der Waals surface area contributed by atoms with E-state index in [1.165, 1.54) is 30.3 Å². The van der Waals surface area contributed by atoms with Gasteiger partial charge in [-0.15, -0.1) is 0 Å². The molecule has 2 aliphatic rings. The number of aryl methyl sites for hydroxylation is 1. The van der Waals surface area contributed by atoms with E-state index in [2.05, 4.69) is 27.8 Å². The first-order valence-electron chi connectivity index (χ1n) is 7.29. The number of likely N-dealkylation sites (tertiary alicyclic amines) is 1. The van der Waals surface area contributed by atoms with Gasteiger partial charge >= 0.3 is 0 Å². The number of aromatic nitrogens is 2. The first-order chi connectivity index (χ1) is 9.69. The zero-order valence-corrected chi connectivity index (χ0v) is 11.7. The molecule has 1 aliphatic heterocycles. The highest BCUT2D eigenvalue weighted by Crippen LogP contribution is 2.51. The van der Waals surface area contributed by atoms with Crippen molar-refractivity contribution in [3.05, 3.63) is 30.1 Å². The van der Waals surface area contributed by atoms with Crippen LogP contribution in [0.4, 0.5) is 0 Å². The predicted molar refractivity (Wildman–Crippen MR) is 77.4 cm³/mol. The maximum Gasteiger partial charge on any atom is 0.209 e. The fraction of sp³-hybridized carbons (Fsp3) is 0.500. The van der Waals surface area contributed by atoms with Gasteiger partial charge in [0.05, 0.1) is 17.4 Å². The molecule has 1 aromatic carbocycles. The lowest BCUT2D eigenvalue weighted by molar-refractivity contribution is -0.129. The van der Waals surface area contributed by atoms with Crippen molar-refractivity contribution in [2.75, 3.05) is 13.1 Å². The van der Waals surface area contributed by atoms with Gasteiger partial charge in [-0.3, -0.25) is 4.79 Å². The largest absolute Gasteiger partial charge is 0.344 e. The van der Waals surface area contributed by atoms with E-state index in [4.69, 9.17) is 0 Å². The summed E-state index contributed by atoms with van der Waals surface area (Å²) in [5, 5.41) is 0. The highest BCUT2D eigenvalue weighted by Gasteiger charge is 2.47. The lowest BCUT2D eigenvalue weighted by Crippen LogP contribution is -2.54. The Balaban J connectivity index is 1.57. The molecule has 0 N–H and O–H groups in total. The molecule has 1 saturated heterocycles. The summed E-state index contributed by atoms with van der Waals surface area (Å²) < 4.78 is 2.06. The normalized spacial score (nSPS) is 24.2. The molecule has 4 nitrogen and oxygen atoms in total. The van der Waals surface area contributed by atoms with Gasteiger partial charge in [-0.1, -0.05) is 6.07 Å². The molecular formula is C16H19N3O. The van der Waals surface area contributed by atoms with Gasteiger partial charge in [0.1, 0.15) is 0 Å². The van der Waals surface area contributed by atoms with Crippen molar-refractivity contribution in [1.82, 2.24) is 14.5 Å². The molecule has 0 bridgehead atoms. The molecule has 1 atom stereocenters. The molecule has 2 aromatic rings. The highest BCUT2D eigenvalue weighted by atomic mass is 16.1. The molecule has 1 amide bonds. The maximum atomic E-state index is 10.7. The zero-order chi connectivity index (χ0) is 13.7. The third kappa shape index (κ3) is 1.67. The average molecular weight is 269 g/mol. The van der Waals surface area contributed by atoms with E-state index in [9.17, 15) is 4.79 Å². The average Bonchev–Trinajstić information content (AvgIpc) is 3.01. The predicted octanol–water partition coefficient (Wildman–Crippen LogP) is 2.30. The van der Waals surface area contributed by atoms with Crippen LogP contribution in [0.5, 0.6) is 0 Å². The first-order valence-corrected chi connectivity index (χ1v) is 7.29. The van der Waals surface area contributed by atoms with Crippen LogP contribution in [0.15, 0.2) is 24.5 Å². The van der Waals surface area contributed by atoms with Gasteiger partial charge < -0.3 is 9.47 Å². The summed E-state index contributed by atoms with van der Waals surface area (Å²) in [6, 6.07) is 6.68. The van der Waals surface area contributed by atoms with E-state index in [-0.39, 0.29) is 0 Å². The fourth-order valence-corrected chi connectivity index (χ4v) is 4.08. The number of hydrogen-bond donors (Lipinski definition) is 0. The SMILES string of the molecule is Cn1cnc2cc(C3CCC4(C3)CN(C=O)C4)ccc21. The summed E-state index contributed by atoms with van der Waals surface area (Å²) in [6.07, 6.45) is 6.57. The van der Waals surface area contributed by atoms with Crippen molar-refractivity contribution in [3.63, 3.8) is 0 Å². The molecule has 1 saturated carbocycles. The number of amides is 1. The van der Waals surface area contributed by atoms with Crippen molar-refractivity contribution in [1.29, 1.82) is 0 Å². The Bertz CT molecular complexity index is 669. The topological polar surface area (TPSA) is 38.1 Å². The van der Waals surface area contributed by atoms with Gasteiger partial charge in [0.15, 0.2) is 0 Å². The summed E-state index contributed by atoms with van der Waals surface area (Å²) >= 11 is 0. The minimum atomic E-state index is 0.407.